The molecular weight excluding hydrogens is 366 g/mol. The first kappa shape index (κ1) is 17.0. The van der Waals surface area contributed by atoms with Crippen molar-refractivity contribution in [1.29, 1.82) is 0 Å². The minimum atomic E-state index is -0.0494. The summed E-state index contributed by atoms with van der Waals surface area (Å²) in [5.41, 5.74) is 6.67. The number of allylic oxidation sites excluding steroid dienone is 3. The third-order valence-corrected chi connectivity index (χ3v) is 5.63. The molecule has 28 heavy (non-hydrogen) atoms. The zero-order valence-electron chi connectivity index (χ0n) is 15.2. The Morgan fingerprint density at radius 2 is 1.75 bits per heavy atom. The first-order valence-corrected chi connectivity index (χ1v) is 9.73. The lowest BCUT2D eigenvalue weighted by atomic mass is 9.87. The first-order valence-electron chi connectivity index (χ1n) is 9.35. The molecule has 0 saturated carbocycles. The van der Waals surface area contributed by atoms with Crippen LogP contribution in [0.3, 0.4) is 0 Å². The van der Waals surface area contributed by atoms with Crippen LogP contribution in [0.15, 0.2) is 89.5 Å². The van der Waals surface area contributed by atoms with E-state index >= 15 is 0 Å². The SMILES string of the molecule is O=C(NCc1ccc(Cl)cc1)C1=CC2=Cc3c(ccc4ccccc34)CC2=C1. The van der Waals surface area contributed by atoms with Crippen LogP contribution in [-0.2, 0) is 17.8 Å². The molecular formula is C25H18ClNO. The van der Waals surface area contributed by atoms with Gasteiger partial charge in [-0.05, 0) is 75.4 Å². The molecule has 0 radical (unpaired) electrons. The van der Waals surface area contributed by atoms with Crippen LogP contribution in [0.4, 0.5) is 0 Å². The van der Waals surface area contributed by atoms with E-state index in [1.165, 1.54) is 27.5 Å². The van der Waals surface area contributed by atoms with Crippen LogP contribution in [0, 0.1) is 0 Å². The van der Waals surface area contributed by atoms with Crippen molar-refractivity contribution in [2.75, 3.05) is 0 Å². The molecule has 0 aromatic heterocycles. The second-order valence-corrected chi connectivity index (χ2v) is 7.65. The van der Waals surface area contributed by atoms with E-state index in [0.29, 0.717) is 17.1 Å². The smallest absolute Gasteiger partial charge is 0.251 e. The van der Waals surface area contributed by atoms with E-state index in [2.05, 4.69) is 47.8 Å². The summed E-state index contributed by atoms with van der Waals surface area (Å²) in [6.07, 6.45) is 7.08. The highest BCUT2D eigenvalue weighted by Gasteiger charge is 2.22. The molecule has 3 aromatic rings. The molecule has 136 valence electrons. The monoisotopic (exact) mass is 383 g/mol. The zero-order valence-corrected chi connectivity index (χ0v) is 16.0. The first-order chi connectivity index (χ1) is 13.7. The molecule has 1 N–H and O–H groups in total. The van der Waals surface area contributed by atoms with E-state index in [-0.39, 0.29) is 5.91 Å². The number of nitrogens with one attached hydrogen (secondary N) is 1. The Kier molecular flexibility index (Phi) is 4.14. The Hall–Kier alpha value is -3.10. The molecule has 0 unspecified atom stereocenters. The van der Waals surface area contributed by atoms with Gasteiger partial charge in [0, 0.05) is 17.1 Å². The molecule has 0 heterocycles. The van der Waals surface area contributed by atoms with E-state index in [4.69, 9.17) is 11.6 Å². The molecule has 0 spiro atoms. The Bertz CT molecular complexity index is 1200. The number of carbonyl (C=O) groups excluding carboxylic acids is 1. The van der Waals surface area contributed by atoms with Crippen LogP contribution < -0.4 is 5.32 Å². The van der Waals surface area contributed by atoms with Gasteiger partial charge in [0.15, 0.2) is 0 Å². The highest BCUT2D eigenvalue weighted by molar-refractivity contribution is 6.30. The molecule has 0 bridgehead atoms. The number of rotatable bonds is 3. The molecule has 0 atom stereocenters. The van der Waals surface area contributed by atoms with E-state index < -0.39 is 0 Å². The van der Waals surface area contributed by atoms with Gasteiger partial charge in [0.05, 0.1) is 0 Å². The van der Waals surface area contributed by atoms with Crippen molar-refractivity contribution in [3.8, 4) is 0 Å². The highest BCUT2D eigenvalue weighted by Crippen LogP contribution is 2.37. The molecule has 2 aliphatic rings. The lowest BCUT2D eigenvalue weighted by Crippen LogP contribution is -2.23. The van der Waals surface area contributed by atoms with Gasteiger partial charge in [0.1, 0.15) is 0 Å². The predicted octanol–water partition coefficient (Wildman–Crippen LogP) is 5.62. The van der Waals surface area contributed by atoms with Crippen LogP contribution >= 0.6 is 11.6 Å². The van der Waals surface area contributed by atoms with E-state index in [1.54, 1.807) is 0 Å². The van der Waals surface area contributed by atoms with Crippen molar-refractivity contribution in [3.63, 3.8) is 0 Å². The molecule has 5 rings (SSSR count). The fourth-order valence-corrected chi connectivity index (χ4v) is 4.03. The summed E-state index contributed by atoms with van der Waals surface area (Å²) >= 11 is 5.91. The molecule has 0 fully saturated rings. The summed E-state index contributed by atoms with van der Waals surface area (Å²) < 4.78 is 0. The summed E-state index contributed by atoms with van der Waals surface area (Å²) in [4.78, 5) is 12.6. The topological polar surface area (TPSA) is 29.1 Å². The molecule has 2 nitrogen and oxygen atoms in total. The fourth-order valence-electron chi connectivity index (χ4n) is 3.90. The van der Waals surface area contributed by atoms with E-state index in [9.17, 15) is 4.79 Å². The van der Waals surface area contributed by atoms with Gasteiger partial charge >= 0.3 is 0 Å². The van der Waals surface area contributed by atoms with Crippen LogP contribution in [0.1, 0.15) is 16.7 Å². The van der Waals surface area contributed by atoms with Crippen LogP contribution in [0.25, 0.3) is 16.8 Å². The van der Waals surface area contributed by atoms with Gasteiger partial charge in [0.2, 0.25) is 0 Å². The van der Waals surface area contributed by atoms with Gasteiger partial charge in [-0.15, -0.1) is 0 Å². The molecule has 0 aliphatic heterocycles. The quantitative estimate of drug-likeness (QED) is 0.625. The number of hydrogen-bond acceptors (Lipinski definition) is 1. The summed E-state index contributed by atoms with van der Waals surface area (Å²) in [5.74, 6) is -0.0494. The maximum Gasteiger partial charge on any atom is 0.251 e. The Morgan fingerprint density at radius 1 is 0.929 bits per heavy atom. The van der Waals surface area contributed by atoms with Gasteiger partial charge in [-0.2, -0.15) is 0 Å². The van der Waals surface area contributed by atoms with Gasteiger partial charge in [-0.1, -0.05) is 60.1 Å². The molecule has 2 aliphatic carbocycles. The number of halogens is 1. The number of amides is 1. The van der Waals surface area contributed by atoms with E-state index in [1.807, 2.05) is 36.4 Å². The lowest BCUT2D eigenvalue weighted by molar-refractivity contribution is -0.117. The third kappa shape index (κ3) is 3.06. The molecule has 3 aromatic carbocycles. The maximum absolute atomic E-state index is 12.6. The average Bonchev–Trinajstić information content (AvgIpc) is 3.14. The standard InChI is InChI=1S/C25H18ClNO/c26-22-9-5-16(6-10-22)15-27-25(28)21-12-19-11-18-8-7-17-3-1-2-4-23(17)24(18)14-20(19)13-21/h1-10,12-14H,11,15H2,(H,27,28). The number of carbonyl (C=O) groups is 1. The minimum Gasteiger partial charge on any atom is -0.348 e. The van der Waals surface area contributed by atoms with Crippen LogP contribution in [-0.4, -0.2) is 5.91 Å². The largest absolute Gasteiger partial charge is 0.348 e. The summed E-state index contributed by atoms with van der Waals surface area (Å²) in [5, 5.41) is 6.20. The fraction of sp³-hybridized carbons (Fsp3) is 0.0800. The van der Waals surface area contributed by atoms with E-state index in [0.717, 1.165) is 17.6 Å². The van der Waals surface area contributed by atoms with Crippen molar-refractivity contribution in [3.05, 3.63) is 111 Å². The van der Waals surface area contributed by atoms with Crippen molar-refractivity contribution >= 4 is 34.4 Å². The normalized spacial score (nSPS) is 14.7. The van der Waals surface area contributed by atoms with Crippen molar-refractivity contribution in [2.45, 2.75) is 13.0 Å². The summed E-state index contributed by atoms with van der Waals surface area (Å²) in [7, 11) is 0. The molecule has 0 saturated heterocycles. The Labute approximate surface area is 168 Å². The Morgan fingerprint density at radius 3 is 2.61 bits per heavy atom. The Balaban J connectivity index is 1.39. The second kappa shape index (κ2) is 6.81. The molecule has 1 amide bonds. The van der Waals surface area contributed by atoms with Crippen LogP contribution in [0.2, 0.25) is 5.02 Å². The average molecular weight is 384 g/mol. The van der Waals surface area contributed by atoms with Crippen LogP contribution in [0.5, 0.6) is 0 Å². The van der Waals surface area contributed by atoms with Gasteiger partial charge in [0.25, 0.3) is 5.91 Å². The minimum absolute atomic E-state index is 0.0494. The predicted molar refractivity (Wildman–Crippen MR) is 115 cm³/mol. The van der Waals surface area contributed by atoms with Crippen molar-refractivity contribution in [1.82, 2.24) is 5.32 Å². The van der Waals surface area contributed by atoms with Crippen molar-refractivity contribution in [2.24, 2.45) is 0 Å². The zero-order chi connectivity index (χ0) is 19.1. The van der Waals surface area contributed by atoms with Gasteiger partial charge in [-0.25, -0.2) is 0 Å². The number of hydrogen-bond donors (Lipinski definition) is 1. The third-order valence-electron chi connectivity index (χ3n) is 5.38. The van der Waals surface area contributed by atoms with Gasteiger partial charge in [-0.3, -0.25) is 4.79 Å². The number of fused-ring (bicyclic) bond motifs is 4. The second-order valence-electron chi connectivity index (χ2n) is 7.21. The van der Waals surface area contributed by atoms with Crippen molar-refractivity contribution < 1.29 is 4.79 Å². The molecule has 3 heteroatoms. The van der Waals surface area contributed by atoms with Gasteiger partial charge < -0.3 is 5.32 Å². The lowest BCUT2D eigenvalue weighted by Gasteiger charge is -2.17. The maximum atomic E-state index is 12.6. The highest BCUT2D eigenvalue weighted by atomic mass is 35.5. The number of benzene rings is 3. The summed E-state index contributed by atoms with van der Waals surface area (Å²) in [6.45, 7) is 0.487. The summed E-state index contributed by atoms with van der Waals surface area (Å²) in [6, 6.07) is 20.3.